The van der Waals surface area contributed by atoms with Crippen LogP contribution in [-0.4, -0.2) is 20.6 Å². The molecule has 1 aromatic carbocycles. The molecule has 31 heavy (non-hydrogen) atoms. The third-order valence-corrected chi connectivity index (χ3v) is 17.3. The second kappa shape index (κ2) is 11.4. The summed E-state index contributed by atoms with van der Waals surface area (Å²) in [4.78, 5) is 0. The van der Waals surface area contributed by atoms with E-state index >= 15 is 0 Å². The van der Waals surface area contributed by atoms with Crippen LogP contribution in [-0.2, 0) is 28.3 Å². The van der Waals surface area contributed by atoms with E-state index in [-0.39, 0.29) is 15.9 Å². The Hall–Kier alpha value is 1.32. The molecule has 1 aromatic rings. The van der Waals surface area contributed by atoms with E-state index in [1.807, 2.05) is 0 Å². The predicted molar refractivity (Wildman–Crippen MR) is 146 cm³/mol. The van der Waals surface area contributed by atoms with E-state index in [0.29, 0.717) is 20.6 Å². The fourth-order valence-corrected chi connectivity index (χ4v) is 15.6. The van der Waals surface area contributed by atoms with Crippen molar-refractivity contribution in [3.8, 4) is 0 Å². The Bertz CT molecular complexity index is 624. The summed E-state index contributed by atoms with van der Waals surface area (Å²) in [5, 5.41) is 2.21. The van der Waals surface area contributed by atoms with Gasteiger partial charge in [-0.3, -0.25) is 0 Å². The molecule has 0 nitrogen and oxygen atoms in total. The summed E-state index contributed by atoms with van der Waals surface area (Å²) < 4.78 is 0. The zero-order valence-corrected chi connectivity index (χ0v) is 26.1. The topological polar surface area (TPSA) is 0 Å². The number of benzene rings is 1. The summed E-state index contributed by atoms with van der Waals surface area (Å²) in [5.74, 6) is 0. The first kappa shape index (κ1) is 28.6. The molecule has 5 heteroatoms. The van der Waals surface area contributed by atoms with Gasteiger partial charge >= 0.3 is 35.0 Å². The van der Waals surface area contributed by atoms with Crippen molar-refractivity contribution in [2.24, 2.45) is 0 Å². The first-order valence-corrected chi connectivity index (χ1v) is 19.3. The molecule has 0 atom stereocenters. The number of halogens is 2. The quantitative estimate of drug-likeness (QED) is 0.239. The van der Waals surface area contributed by atoms with E-state index in [4.69, 9.17) is 19.1 Å². The molecule has 0 amide bonds. The molecule has 0 saturated carbocycles. The van der Waals surface area contributed by atoms with Gasteiger partial charge in [0, 0.05) is 15.8 Å². The van der Waals surface area contributed by atoms with Crippen LogP contribution in [0.15, 0.2) is 24.3 Å². The minimum absolute atomic E-state index is 0.106. The standard InChI is InChI=1S/C26H44P2.2ClH.Pd/c1-23(2)15-11-16-24(3,4)27(23)19-21-13-9-10-14-22(21)20-28-25(5,6)17-12-18-26(28,7)8;;;/h9-10,13-14H,11-12,15-20H2,1-8H3;2*1H;/q;;;+2. The number of hydrogen-bond donors (Lipinski definition) is 0. The minimum atomic E-state index is -0.460. The first-order chi connectivity index (χ1) is 14.3. The molecular formula is C26H46Cl2P2Pd+2. The van der Waals surface area contributed by atoms with Gasteiger partial charge in [0.1, 0.15) is 0 Å². The molecule has 2 heterocycles. The Morgan fingerprint density at radius 3 is 1.16 bits per heavy atom. The van der Waals surface area contributed by atoms with Crippen LogP contribution in [0.5, 0.6) is 0 Å². The van der Waals surface area contributed by atoms with Crippen LogP contribution in [0.3, 0.4) is 0 Å². The number of rotatable bonds is 4. The summed E-state index contributed by atoms with van der Waals surface area (Å²) in [6, 6.07) is 9.58. The van der Waals surface area contributed by atoms with Crippen LogP contribution < -0.4 is 0 Å². The van der Waals surface area contributed by atoms with Gasteiger partial charge < -0.3 is 0 Å². The van der Waals surface area contributed by atoms with Crippen molar-refractivity contribution in [1.82, 2.24) is 0 Å². The van der Waals surface area contributed by atoms with Gasteiger partial charge in [-0.25, -0.2) is 0 Å². The Kier molecular flexibility index (Phi) is 10.5. The summed E-state index contributed by atoms with van der Waals surface area (Å²) in [7, 11) is 8.71. The van der Waals surface area contributed by atoms with Gasteiger partial charge in [0.25, 0.3) is 0 Å². The molecule has 0 spiro atoms. The van der Waals surface area contributed by atoms with Crippen molar-refractivity contribution in [3.05, 3.63) is 35.4 Å². The second-order valence-electron chi connectivity index (χ2n) is 12.4. The normalized spacial score (nSPS) is 25.0. The van der Waals surface area contributed by atoms with Crippen LogP contribution in [0.2, 0.25) is 0 Å². The van der Waals surface area contributed by atoms with Gasteiger partial charge in [-0.15, -0.1) is 0 Å². The van der Waals surface area contributed by atoms with Gasteiger partial charge in [0.05, 0.1) is 32.9 Å². The molecule has 2 aliphatic rings. The Balaban J connectivity index is 0.00000107. The van der Waals surface area contributed by atoms with Crippen LogP contribution in [0.1, 0.15) is 105 Å². The van der Waals surface area contributed by atoms with Crippen molar-refractivity contribution >= 4 is 34.9 Å². The summed E-state index contributed by atoms with van der Waals surface area (Å²) in [6.07, 6.45) is 11.3. The van der Waals surface area contributed by atoms with Gasteiger partial charge in [-0.2, -0.15) is 0 Å². The molecule has 3 rings (SSSR count). The van der Waals surface area contributed by atoms with Gasteiger partial charge in [-0.05, 0) is 105 Å². The van der Waals surface area contributed by atoms with Crippen LogP contribution in [0.25, 0.3) is 0 Å². The van der Waals surface area contributed by atoms with E-state index in [1.54, 1.807) is 11.1 Å². The van der Waals surface area contributed by atoms with E-state index < -0.39 is 15.8 Å². The fourth-order valence-electron chi connectivity index (χ4n) is 6.62. The molecule has 182 valence electrons. The van der Waals surface area contributed by atoms with E-state index in [0.717, 1.165) is 0 Å². The number of hydrogen-bond acceptors (Lipinski definition) is 0. The summed E-state index contributed by atoms with van der Waals surface area (Å²) >= 11 is -0.106. The monoisotopic (exact) mass is 596 g/mol. The predicted octanol–water partition coefficient (Wildman–Crippen LogP) is 9.97. The molecule has 0 unspecified atom stereocenters. The molecule has 0 aromatic heterocycles. The Morgan fingerprint density at radius 2 is 0.903 bits per heavy atom. The van der Waals surface area contributed by atoms with Crippen molar-refractivity contribution in [2.75, 3.05) is 0 Å². The van der Waals surface area contributed by atoms with E-state index in [2.05, 4.69) is 79.7 Å². The second-order valence-corrected chi connectivity index (χ2v) is 22.8. The van der Waals surface area contributed by atoms with Crippen molar-refractivity contribution in [1.29, 1.82) is 0 Å². The molecule has 2 fully saturated rings. The Morgan fingerprint density at radius 1 is 0.645 bits per heavy atom. The van der Waals surface area contributed by atoms with E-state index in [9.17, 15) is 0 Å². The molecular weight excluding hydrogens is 552 g/mol. The van der Waals surface area contributed by atoms with Gasteiger partial charge in [0.2, 0.25) is 0 Å². The molecule has 0 aliphatic carbocycles. The van der Waals surface area contributed by atoms with Gasteiger partial charge in [0.15, 0.2) is 0 Å². The average molecular weight is 598 g/mol. The van der Waals surface area contributed by atoms with Crippen molar-refractivity contribution in [2.45, 2.75) is 127 Å². The molecule has 2 saturated heterocycles. The van der Waals surface area contributed by atoms with Crippen LogP contribution in [0, 0.1) is 0 Å². The van der Waals surface area contributed by atoms with Crippen molar-refractivity contribution < 1.29 is 15.9 Å². The zero-order valence-electron chi connectivity index (χ0n) is 21.0. The third-order valence-electron chi connectivity index (χ3n) is 8.33. The summed E-state index contributed by atoms with van der Waals surface area (Å²) in [6.45, 7) is 20.6. The molecule has 0 radical (unpaired) electrons. The summed E-state index contributed by atoms with van der Waals surface area (Å²) in [5.41, 5.74) is 3.41. The molecule has 2 aliphatic heterocycles. The van der Waals surface area contributed by atoms with Crippen LogP contribution in [0.4, 0.5) is 0 Å². The molecule has 0 bridgehead atoms. The maximum absolute atomic E-state index is 4.81. The Labute approximate surface area is 212 Å². The SMILES string of the molecule is CC1(C)CCCC(C)(C)[PH+]1Cc1ccccc1C[PH+]1C(C)(C)CCCC1(C)C.[Cl][Pd][Cl]. The van der Waals surface area contributed by atoms with Crippen LogP contribution >= 0.6 is 34.9 Å². The van der Waals surface area contributed by atoms with Crippen molar-refractivity contribution in [3.63, 3.8) is 0 Å². The average Bonchev–Trinajstić information content (AvgIpc) is 2.62. The first-order valence-electron chi connectivity index (χ1n) is 11.9. The maximum atomic E-state index is 4.81. The van der Waals surface area contributed by atoms with E-state index in [1.165, 1.54) is 50.8 Å². The molecule has 0 N–H and O–H groups in total. The van der Waals surface area contributed by atoms with Gasteiger partial charge in [-0.1, -0.05) is 24.3 Å². The fraction of sp³-hybridized carbons (Fsp3) is 0.769. The third kappa shape index (κ3) is 7.40. The zero-order chi connectivity index (χ0) is 23.5.